The first-order valence-electron chi connectivity index (χ1n) is 30.5. The second kappa shape index (κ2) is 53.3. The predicted molar refractivity (Wildman–Crippen MR) is 309 cm³/mol. The van der Waals surface area contributed by atoms with Gasteiger partial charge in [0.15, 0.2) is 0 Å². The summed E-state index contributed by atoms with van der Waals surface area (Å²) in [7, 11) is 1.58. The molecule has 9 heteroatoms. The van der Waals surface area contributed by atoms with E-state index in [2.05, 4.69) is 55.6 Å². The van der Waals surface area contributed by atoms with E-state index in [0.717, 1.165) is 51.4 Å². The van der Waals surface area contributed by atoms with Crippen LogP contribution in [0, 0.1) is 0 Å². The van der Waals surface area contributed by atoms with Crippen molar-refractivity contribution in [3.63, 3.8) is 0 Å². The summed E-state index contributed by atoms with van der Waals surface area (Å²) in [6.45, 7) is 4.84. The highest BCUT2D eigenvalue weighted by atomic mass is 31.2. The number of amides is 1. The van der Waals surface area contributed by atoms with Crippen molar-refractivity contribution in [2.45, 2.75) is 302 Å². The molecular weight excluding hydrogens is 900 g/mol. The third-order valence-electron chi connectivity index (χ3n) is 13.8. The molecule has 0 aromatic carbocycles. The number of hydrogen-bond acceptors (Lipinski definition) is 5. The van der Waals surface area contributed by atoms with Crippen LogP contribution < -0.4 is 5.32 Å². The van der Waals surface area contributed by atoms with Crippen molar-refractivity contribution in [3.8, 4) is 0 Å². The normalized spacial score (nSPS) is 14.2. The summed E-state index contributed by atoms with van der Waals surface area (Å²) in [4.78, 5) is 23.3. The van der Waals surface area contributed by atoms with E-state index in [4.69, 9.17) is 9.05 Å². The second-order valence-electron chi connectivity index (χ2n) is 22.1. The number of allylic oxidation sites excluding steroid dienone is 7. The smallest absolute Gasteiger partial charge is 0.387 e. The maximum absolute atomic E-state index is 13.0. The molecule has 0 saturated carbocycles. The Morgan fingerprint density at radius 2 is 0.803 bits per heavy atom. The molecule has 0 aliphatic rings. The van der Waals surface area contributed by atoms with Gasteiger partial charge in [0.2, 0.25) is 5.91 Å². The Morgan fingerprint density at radius 1 is 0.479 bits per heavy atom. The van der Waals surface area contributed by atoms with E-state index < -0.39 is 20.0 Å². The molecule has 0 fully saturated rings. The second-order valence-corrected chi connectivity index (χ2v) is 23.5. The number of likely N-dealkylation sites (N-methyl/N-ethyl adjacent to an activating group) is 1. The van der Waals surface area contributed by atoms with Crippen LogP contribution in [-0.4, -0.2) is 73.4 Å². The van der Waals surface area contributed by atoms with Gasteiger partial charge in [-0.2, -0.15) is 0 Å². The van der Waals surface area contributed by atoms with Gasteiger partial charge in [0, 0.05) is 6.42 Å². The zero-order chi connectivity index (χ0) is 52.0. The Morgan fingerprint density at radius 3 is 1.17 bits per heavy atom. The molecule has 418 valence electrons. The van der Waals surface area contributed by atoms with Crippen LogP contribution in [0.25, 0.3) is 0 Å². The highest BCUT2D eigenvalue weighted by Gasteiger charge is 2.27. The number of phosphoric acid groups is 1. The molecule has 0 radical (unpaired) electrons. The lowest BCUT2D eigenvalue weighted by atomic mass is 10.0. The van der Waals surface area contributed by atoms with E-state index >= 15 is 0 Å². The van der Waals surface area contributed by atoms with Crippen molar-refractivity contribution in [1.82, 2.24) is 5.32 Å². The molecule has 0 aliphatic heterocycles. The summed E-state index contributed by atoms with van der Waals surface area (Å²) in [5.74, 6) is -0.174. The van der Waals surface area contributed by atoms with Crippen molar-refractivity contribution in [2.24, 2.45) is 0 Å². The van der Waals surface area contributed by atoms with E-state index in [0.29, 0.717) is 17.4 Å². The van der Waals surface area contributed by atoms with Crippen molar-refractivity contribution in [1.29, 1.82) is 0 Å². The highest BCUT2D eigenvalue weighted by Crippen LogP contribution is 2.43. The number of unbranched alkanes of at least 4 members (excludes halogenated alkanes) is 37. The van der Waals surface area contributed by atoms with Crippen LogP contribution in [-0.2, 0) is 18.4 Å². The SMILES string of the molecule is CCCCCCC/C=C\C/C=C\C/C=C\CCCCCCCCCCCCCCCCCCC(=O)NC(COP(=O)(O)OCC[N+](C)(C)C)C(O)/C=C/CCCCCCCCCCCCCCCCCC. The van der Waals surface area contributed by atoms with E-state index in [9.17, 15) is 19.4 Å². The van der Waals surface area contributed by atoms with Gasteiger partial charge in [-0.25, -0.2) is 4.57 Å². The van der Waals surface area contributed by atoms with E-state index in [1.54, 1.807) is 6.08 Å². The third-order valence-corrected chi connectivity index (χ3v) is 14.8. The lowest BCUT2D eigenvalue weighted by molar-refractivity contribution is -0.870. The molecule has 8 nitrogen and oxygen atoms in total. The molecule has 0 saturated heterocycles. The van der Waals surface area contributed by atoms with Crippen LogP contribution in [0.15, 0.2) is 48.6 Å². The monoisotopic (exact) mass is 1020 g/mol. The Labute approximate surface area is 441 Å². The number of rotatable bonds is 56. The quantitative estimate of drug-likeness (QED) is 0.0243. The number of carbonyl (C=O) groups excluding carboxylic acids is 1. The summed E-state index contributed by atoms with van der Waals surface area (Å²) < 4.78 is 23.7. The zero-order valence-electron chi connectivity index (χ0n) is 47.7. The zero-order valence-corrected chi connectivity index (χ0v) is 48.6. The van der Waals surface area contributed by atoms with Crippen molar-refractivity contribution in [3.05, 3.63) is 48.6 Å². The fourth-order valence-corrected chi connectivity index (χ4v) is 9.73. The molecule has 0 bridgehead atoms. The Bertz CT molecular complexity index is 1290. The van der Waals surface area contributed by atoms with Crippen LogP contribution in [0.5, 0.6) is 0 Å². The van der Waals surface area contributed by atoms with Gasteiger partial charge < -0.3 is 19.8 Å². The Hall–Kier alpha value is -1.54. The molecule has 0 rings (SSSR count). The van der Waals surface area contributed by atoms with E-state index in [-0.39, 0.29) is 19.1 Å². The largest absolute Gasteiger partial charge is 0.472 e. The molecule has 3 N–H and O–H groups in total. The maximum Gasteiger partial charge on any atom is 0.472 e. The van der Waals surface area contributed by atoms with Gasteiger partial charge in [-0.3, -0.25) is 13.8 Å². The molecule has 3 atom stereocenters. The van der Waals surface area contributed by atoms with Gasteiger partial charge in [0.1, 0.15) is 13.2 Å². The topological polar surface area (TPSA) is 105 Å². The molecule has 0 spiro atoms. The van der Waals surface area contributed by atoms with Gasteiger partial charge in [-0.05, 0) is 57.8 Å². The summed E-state index contributed by atoms with van der Waals surface area (Å²) in [5.41, 5.74) is 0. The first-order chi connectivity index (χ1) is 34.5. The first-order valence-corrected chi connectivity index (χ1v) is 32.0. The third kappa shape index (κ3) is 56.0. The molecule has 0 aromatic rings. The van der Waals surface area contributed by atoms with Crippen molar-refractivity contribution in [2.75, 3.05) is 40.9 Å². The van der Waals surface area contributed by atoms with Crippen LogP contribution in [0.3, 0.4) is 0 Å². The molecule has 0 aliphatic carbocycles. The number of phosphoric ester groups is 1. The number of quaternary nitrogens is 1. The van der Waals surface area contributed by atoms with Crippen LogP contribution in [0.4, 0.5) is 0 Å². The highest BCUT2D eigenvalue weighted by molar-refractivity contribution is 7.47. The minimum atomic E-state index is -4.35. The number of aliphatic hydroxyl groups is 1. The van der Waals surface area contributed by atoms with Crippen LogP contribution in [0.2, 0.25) is 0 Å². The van der Waals surface area contributed by atoms with Gasteiger partial charge in [0.25, 0.3) is 0 Å². The summed E-state index contributed by atoms with van der Waals surface area (Å²) in [6, 6.07) is -0.847. The van der Waals surface area contributed by atoms with Crippen LogP contribution in [0.1, 0.15) is 290 Å². The molecule has 71 heavy (non-hydrogen) atoms. The summed E-state index contributed by atoms with van der Waals surface area (Å²) >= 11 is 0. The molecular formula is C62H120N2O6P+. The summed E-state index contributed by atoms with van der Waals surface area (Å²) in [6.07, 6.45) is 70.7. The predicted octanol–water partition coefficient (Wildman–Crippen LogP) is 18.7. The Kier molecular flexibility index (Phi) is 52.1. The van der Waals surface area contributed by atoms with Gasteiger partial charge >= 0.3 is 7.82 Å². The first kappa shape index (κ1) is 69.5. The fourth-order valence-electron chi connectivity index (χ4n) is 8.99. The minimum Gasteiger partial charge on any atom is -0.387 e. The number of nitrogens with zero attached hydrogens (tertiary/aromatic N) is 1. The lowest BCUT2D eigenvalue weighted by Crippen LogP contribution is -2.45. The number of carbonyl (C=O) groups is 1. The molecule has 1 amide bonds. The average Bonchev–Trinajstić information content (AvgIpc) is 3.33. The Balaban J connectivity index is 4.10. The van der Waals surface area contributed by atoms with Crippen LogP contribution >= 0.6 is 7.82 Å². The van der Waals surface area contributed by atoms with Crippen molar-refractivity contribution < 1.29 is 32.9 Å². The average molecular weight is 1020 g/mol. The maximum atomic E-state index is 13.0. The fraction of sp³-hybridized carbons (Fsp3) is 0.855. The van der Waals surface area contributed by atoms with Gasteiger partial charge in [-0.15, -0.1) is 0 Å². The lowest BCUT2D eigenvalue weighted by Gasteiger charge is -2.25. The molecule has 0 aromatic heterocycles. The number of aliphatic hydroxyl groups excluding tert-OH is 1. The van der Waals surface area contributed by atoms with E-state index in [1.165, 1.54) is 218 Å². The van der Waals surface area contributed by atoms with Gasteiger partial charge in [-0.1, -0.05) is 274 Å². The number of hydrogen-bond donors (Lipinski definition) is 3. The van der Waals surface area contributed by atoms with Gasteiger partial charge in [0.05, 0.1) is 39.9 Å². The van der Waals surface area contributed by atoms with E-state index in [1.807, 2.05) is 27.2 Å². The molecule has 0 heterocycles. The number of nitrogens with one attached hydrogen (secondary N) is 1. The standard InChI is InChI=1S/C62H119N2O6P/c1-6-8-10-12-14-16-18-20-22-24-26-27-28-29-30-31-32-33-34-35-36-37-38-40-42-44-46-48-50-52-54-56-62(66)63-60(59-70-71(67,68)69-58-57-64(3,4)5)61(65)55-53-51-49-47-45-43-41-39-25-23-21-19-17-15-13-11-9-7-2/h18,20,24,26,28-29,53,55,60-61,65H,6-17,19,21-23,25,27,30-52,54,56-59H2,1-5H3,(H-,63,66,67,68)/p+1/b20-18-,26-24-,29-28-,55-53+. The molecule has 3 unspecified atom stereocenters. The minimum absolute atomic E-state index is 0.0620. The summed E-state index contributed by atoms with van der Waals surface area (Å²) in [5, 5.41) is 14.0. The van der Waals surface area contributed by atoms with Crippen molar-refractivity contribution >= 4 is 13.7 Å².